The molecule has 0 bridgehead atoms. The first-order valence-electron chi connectivity index (χ1n) is 6.83. The number of hydrogen-bond acceptors (Lipinski definition) is 4. The van der Waals surface area contributed by atoms with E-state index in [0.717, 1.165) is 17.7 Å². The third-order valence-electron chi connectivity index (χ3n) is 3.49. The molecule has 0 amide bonds. The minimum Gasteiger partial charge on any atom is -0.455 e. The molecule has 1 unspecified atom stereocenters. The van der Waals surface area contributed by atoms with E-state index in [1.54, 1.807) is 0 Å². The summed E-state index contributed by atoms with van der Waals surface area (Å²) in [5.74, 6) is 1.52. The molecule has 1 atom stereocenters. The van der Waals surface area contributed by atoms with Crippen LogP contribution in [0.4, 0.5) is 11.4 Å². The van der Waals surface area contributed by atoms with Crippen LogP contribution < -0.4 is 10.5 Å². The number of nitrogens with zero attached hydrogens (tertiary/aromatic N) is 1. The molecule has 0 saturated carbocycles. The van der Waals surface area contributed by atoms with Crippen LogP contribution in [-0.4, -0.2) is 4.92 Å². The number of para-hydroxylation sites is 1. The van der Waals surface area contributed by atoms with Gasteiger partial charge in [0, 0.05) is 12.1 Å². The van der Waals surface area contributed by atoms with E-state index >= 15 is 0 Å². The van der Waals surface area contributed by atoms with Crippen molar-refractivity contribution in [3.8, 4) is 11.5 Å². The smallest absolute Gasteiger partial charge is 0.271 e. The fourth-order valence-corrected chi connectivity index (χ4v) is 2.06. The van der Waals surface area contributed by atoms with Crippen molar-refractivity contribution in [2.75, 3.05) is 5.73 Å². The van der Waals surface area contributed by atoms with Crippen molar-refractivity contribution >= 4 is 11.4 Å². The van der Waals surface area contributed by atoms with Gasteiger partial charge in [-0.15, -0.1) is 0 Å². The average Bonchev–Trinajstić information content (AvgIpc) is 2.49. The molecule has 2 rings (SSSR count). The number of hydrogen-bond donors (Lipinski definition) is 1. The summed E-state index contributed by atoms with van der Waals surface area (Å²) in [6.45, 7) is 4.24. The summed E-state index contributed by atoms with van der Waals surface area (Å²) in [4.78, 5) is 10.2. The summed E-state index contributed by atoms with van der Waals surface area (Å²) >= 11 is 0. The van der Waals surface area contributed by atoms with E-state index in [2.05, 4.69) is 13.8 Å². The van der Waals surface area contributed by atoms with E-state index in [9.17, 15) is 10.1 Å². The molecule has 2 N–H and O–H groups in total. The molecule has 0 aliphatic rings. The second-order valence-electron chi connectivity index (χ2n) is 4.93. The molecule has 0 saturated heterocycles. The molecular weight excluding hydrogens is 268 g/mol. The number of benzene rings is 2. The molecule has 21 heavy (non-hydrogen) atoms. The molecule has 0 fully saturated rings. The number of rotatable bonds is 5. The first kappa shape index (κ1) is 14.8. The Hall–Kier alpha value is -2.56. The molecule has 5 nitrogen and oxygen atoms in total. The van der Waals surface area contributed by atoms with E-state index < -0.39 is 4.92 Å². The number of non-ortho nitro benzene ring substituents is 1. The van der Waals surface area contributed by atoms with Crippen LogP contribution in [0.2, 0.25) is 0 Å². The van der Waals surface area contributed by atoms with Gasteiger partial charge in [-0.05, 0) is 30.0 Å². The van der Waals surface area contributed by atoms with E-state index in [1.165, 1.54) is 18.2 Å². The topological polar surface area (TPSA) is 78.4 Å². The van der Waals surface area contributed by atoms with Gasteiger partial charge >= 0.3 is 0 Å². The van der Waals surface area contributed by atoms with Gasteiger partial charge in [0.1, 0.15) is 5.75 Å². The molecule has 0 spiro atoms. The lowest BCUT2D eigenvalue weighted by molar-refractivity contribution is -0.384. The normalized spacial score (nSPS) is 11.9. The molecule has 0 aromatic heterocycles. The van der Waals surface area contributed by atoms with Crippen molar-refractivity contribution in [1.29, 1.82) is 0 Å². The number of nitrogen functional groups attached to an aromatic ring is 1. The van der Waals surface area contributed by atoms with Crippen molar-refractivity contribution in [2.45, 2.75) is 26.2 Å². The summed E-state index contributed by atoms with van der Waals surface area (Å²) < 4.78 is 5.85. The highest BCUT2D eigenvalue weighted by atomic mass is 16.6. The van der Waals surface area contributed by atoms with Gasteiger partial charge in [0.2, 0.25) is 0 Å². The Morgan fingerprint density at radius 2 is 1.95 bits per heavy atom. The fraction of sp³-hybridized carbons (Fsp3) is 0.250. The Morgan fingerprint density at radius 3 is 2.57 bits per heavy atom. The Morgan fingerprint density at radius 1 is 1.24 bits per heavy atom. The molecule has 0 aliphatic carbocycles. The van der Waals surface area contributed by atoms with Crippen LogP contribution in [0.5, 0.6) is 11.5 Å². The highest BCUT2D eigenvalue weighted by Crippen LogP contribution is 2.35. The molecular formula is C16H18N2O3. The molecule has 0 heterocycles. The summed E-state index contributed by atoms with van der Waals surface area (Å²) in [5, 5.41) is 10.7. The zero-order valence-electron chi connectivity index (χ0n) is 12.1. The Labute approximate surface area is 123 Å². The van der Waals surface area contributed by atoms with Crippen LogP contribution in [-0.2, 0) is 0 Å². The van der Waals surface area contributed by atoms with Crippen LogP contribution in [0, 0.1) is 10.1 Å². The zero-order valence-corrected chi connectivity index (χ0v) is 12.1. The van der Waals surface area contributed by atoms with Gasteiger partial charge in [0.15, 0.2) is 5.75 Å². The highest BCUT2D eigenvalue weighted by molar-refractivity contribution is 5.59. The van der Waals surface area contributed by atoms with Gasteiger partial charge in [-0.1, -0.05) is 32.0 Å². The summed E-state index contributed by atoms with van der Waals surface area (Å²) in [6.07, 6.45) is 0.996. The predicted octanol–water partition coefficient (Wildman–Crippen LogP) is 4.48. The minimum atomic E-state index is -0.479. The van der Waals surface area contributed by atoms with E-state index in [-0.39, 0.29) is 11.4 Å². The van der Waals surface area contributed by atoms with Gasteiger partial charge < -0.3 is 10.5 Å². The van der Waals surface area contributed by atoms with Gasteiger partial charge in [-0.3, -0.25) is 10.1 Å². The van der Waals surface area contributed by atoms with Crippen LogP contribution in [0.1, 0.15) is 31.7 Å². The molecule has 2 aromatic rings. The van der Waals surface area contributed by atoms with E-state index in [1.807, 2.05) is 24.3 Å². The Bertz CT molecular complexity index is 656. The molecule has 0 radical (unpaired) electrons. The van der Waals surface area contributed by atoms with Gasteiger partial charge in [-0.2, -0.15) is 0 Å². The number of ether oxygens (including phenoxy) is 1. The maximum absolute atomic E-state index is 10.7. The second-order valence-corrected chi connectivity index (χ2v) is 4.93. The monoisotopic (exact) mass is 286 g/mol. The lowest BCUT2D eigenvalue weighted by atomic mass is 9.98. The quantitative estimate of drug-likeness (QED) is 0.499. The number of anilines is 1. The van der Waals surface area contributed by atoms with E-state index in [0.29, 0.717) is 11.7 Å². The van der Waals surface area contributed by atoms with Crippen LogP contribution in [0.3, 0.4) is 0 Å². The zero-order chi connectivity index (χ0) is 15.4. The standard InChI is InChI=1S/C16H18N2O3/c1-3-11(2)13-6-4-5-7-15(13)21-16-9-8-12(18(19)20)10-14(16)17/h4-11H,3,17H2,1-2H3. The third kappa shape index (κ3) is 3.31. The first-order valence-corrected chi connectivity index (χ1v) is 6.83. The second kappa shape index (κ2) is 6.26. The first-order chi connectivity index (χ1) is 10.0. The van der Waals surface area contributed by atoms with Gasteiger partial charge in [-0.25, -0.2) is 0 Å². The number of nitrogens with two attached hydrogens (primary N) is 1. The van der Waals surface area contributed by atoms with Gasteiger partial charge in [0.25, 0.3) is 5.69 Å². The molecule has 0 aliphatic heterocycles. The van der Waals surface area contributed by atoms with Crippen molar-refractivity contribution in [1.82, 2.24) is 0 Å². The number of nitro benzene ring substituents is 1. The maximum atomic E-state index is 10.7. The lowest BCUT2D eigenvalue weighted by Gasteiger charge is -2.16. The fourth-order valence-electron chi connectivity index (χ4n) is 2.06. The summed E-state index contributed by atoms with van der Waals surface area (Å²) in [7, 11) is 0. The Kier molecular flexibility index (Phi) is 4.42. The predicted molar refractivity (Wildman–Crippen MR) is 82.7 cm³/mol. The summed E-state index contributed by atoms with van der Waals surface area (Å²) in [5.41, 5.74) is 7.14. The lowest BCUT2D eigenvalue weighted by Crippen LogP contribution is -1.99. The van der Waals surface area contributed by atoms with Crippen molar-refractivity contribution in [3.63, 3.8) is 0 Å². The van der Waals surface area contributed by atoms with Crippen molar-refractivity contribution in [3.05, 3.63) is 58.1 Å². The van der Waals surface area contributed by atoms with Crippen LogP contribution >= 0.6 is 0 Å². The average molecular weight is 286 g/mol. The van der Waals surface area contributed by atoms with Crippen molar-refractivity contribution in [2.24, 2.45) is 0 Å². The molecule has 110 valence electrons. The maximum Gasteiger partial charge on any atom is 0.271 e. The summed E-state index contributed by atoms with van der Waals surface area (Å²) in [6, 6.07) is 12.0. The van der Waals surface area contributed by atoms with Crippen LogP contribution in [0.25, 0.3) is 0 Å². The number of nitro groups is 1. The Balaban J connectivity index is 2.33. The third-order valence-corrected chi connectivity index (χ3v) is 3.49. The SMILES string of the molecule is CCC(C)c1ccccc1Oc1ccc([N+](=O)[O-])cc1N. The molecule has 5 heteroatoms. The van der Waals surface area contributed by atoms with Crippen molar-refractivity contribution < 1.29 is 9.66 Å². The minimum absolute atomic E-state index is 0.0462. The highest BCUT2D eigenvalue weighted by Gasteiger charge is 2.13. The van der Waals surface area contributed by atoms with Crippen LogP contribution in [0.15, 0.2) is 42.5 Å². The van der Waals surface area contributed by atoms with E-state index in [4.69, 9.17) is 10.5 Å². The largest absolute Gasteiger partial charge is 0.455 e. The van der Waals surface area contributed by atoms with Gasteiger partial charge in [0.05, 0.1) is 10.6 Å². The molecule has 2 aromatic carbocycles.